The number of hydrogen-bond acceptors (Lipinski definition) is 3. The van der Waals surface area contributed by atoms with E-state index >= 15 is 0 Å². The van der Waals surface area contributed by atoms with Crippen molar-refractivity contribution in [2.75, 3.05) is 20.3 Å². The number of aryl methyl sites for hydroxylation is 1. The van der Waals surface area contributed by atoms with Gasteiger partial charge in [0.1, 0.15) is 0 Å². The van der Waals surface area contributed by atoms with Crippen LogP contribution in [-0.4, -0.2) is 20.3 Å². The Hall–Kier alpha value is -0.810. The highest BCUT2D eigenvalue weighted by Gasteiger charge is 2.05. The van der Waals surface area contributed by atoms with E-state index in [-0.39, 0.29) is 0 Å². The molecule has 0 fully saturated rings. The van der Waals surface area contributed by atoms with Crippen LogP contribution in [0.25, 0.3) is 0 Å². The number of hydrogen-bond donors (Lipinski definition) is 1. The van der Waals surface area contributed by atoms with Crippen LogP contribution < -0.4 is 5.32 Å². The molecule has 0 radical (unpaired) electrons. The highest BCUT2D eigenvalue weighted by atomic mass is 79.9. The number of ether oxygens (including phenoxy) is 1. The molecule has 0 aliphatic heterocycles. The van der Waals surface area contributed by atoms with Crippen molar-refractivity contribution in [2.45, 2.75) is 23.3 Å². The molecular formula is C17H20BrNOS. The van der Waals surface area contributed by atoms with Crippen molar-refractivity contribution >= 4 is 27.7 Å². The largest absolute Gasteiger partial charge is 0.383 e. The molecule has 4 heteroatoms. The van der Waals surface area contributed by atoms with E-state index in [4.69, 9.17) is 4.74 Å². The normalized spacial score (nSPS) is 10.8. The quantitative estimate of drug-likeness (QED) is 0.721. The summed E-state index contributed by atoms with van der Waals surface area (Å²) in [5.74, 6) is 0. The van der Waals surface area contributed by atoms with Gasteiger partial charge in [0, 0.05) is 34.5 Å². The second kappa shape index (κ2) is 8.59. The summed E-state index contributed by atoms with van der Waals surface area (Å²) >= 11 is 5.47. The summed E-state index contributed by atoms with van der Waals surface area (Å²) in [6, 6.07) is 15.0. The van der Waals surface area contributed by atoms with Gasteiger partial charge in [0.15, 0.2) is 0 Å². The molecule has 0 aromatic heterocycles. The molecule has 2 aromatic rings. The van der Waals surface area contributed by atoms with Gasteiger partial charge in [0.05, 0.1) is 6.61 Å². The molecule has 2 nitrogen and oxygen atoms in total. The molecule has 0 bridgehead atoms. The summed E-state index contributed by atoms with van der Waals surface area (Å²) in [5.41, 5.74) is 2.58. The second-order valence-corrected chi connectivity index (χ2v) is 6.74. The van der Waals surface area contributed by atoms with E-state index < -0.39 is 0 Å². The Morgan fingerprint density at radius 3 is 2.67 bits per heavy atom. The Labute approximate surface area is 139 Å². The van der Waals surface area contributed by atoms with E-state index in [2.05, 4.69) is 70.6 Å². The van der Waals surface area contributed by atoms with Crippen LogP contribution in [0, 0.1) is 6.92 Å². The summed E-state index contributed by atoms with van der Waals surface area (Å²) in [5, 5.41) is 3.36. The Kier molecular flexibility index (Phi) is 6.77. The smallest absolute Gasteiger partial charge is 0.0587 e. The van der Waals surface area contributed by atoms with Gasteiger partial charge in [-0.1, -0.05) is 36.0 Å². The van der Waals surface area contributed by atoms with E-state index in [1.807, 2.05) is 0 Å². The maximum absolute atomic E-state index is 5.03. The fourth-order valence-electron chi connectivity index (χ4n) is 1.93. The first kappa shape index (κ1) is 16.6. The maximum atomic E-state index is 5.03. The SMILES string of the molecule is COCCNCc1ccc(Sc2ccccc2C)c(Br)c1. The van der Waals surface area contributed by atoms with Crippen LogP contribution >= 0.6 is 27.7 Å². The molecule has 0 unspecified atom stereocenters. The van der Waals surface area contributed by atoms with Crippen LogP contribution in [-0.2, 0) is 11.3 Å². The summed E-state index contributed by atoms with van der Waals surface area (Å²) in [4.78, 5) is 2.54. The number of rotatable bonds is 7. The van der Waals surface area contributed by atoms with Gasteiger partial charge >= 0.3 is 0 Å². The molecule has 0 aliphatic rings. The average molecular weight is 366 g/mol. The van der Waals surface area contributed by atoms with Crippen molar-refractivity contribution in [3.63, 3.8) is 0 Å². The lowest BCUT2D eigenvalue weighted by molar-refractivity contribution is 0.199. The van der Waals surface area contributed by atoms with Gasteiger partial charge in [-0.25, -0.2) is 0 Å². The Bertz CT molecular complexity index is 589. The van der Waals surface area contributed by atoms with Crippen LogP contribution in [0.1, 0.15) is 11.1 Å². The average Bonchev–Trinajstić information content (AvgIpc) is 2.48. The van der Waals surface area contributed by atoms with Crippen LogP contribution in [0.2, 0.25) is 0 Å². The first-order chi connectivity index (χ1) is 10.2. The molecule has 0 spiro atoms. The third-order valence-electron chi connectivity index (χ3n) is 3.12. The predicted molar refractivity (Wildman–Crippen MR) is 93.0 cm³/mol. The third-order valence-corrected chi connectivity index (χ3v) is 5.29. The second-order valence-electron chi connectivity index (χ2n) is 4.80. The number of nitrogens with one attached hydrogen (secondary N) is 1. The van der Waals surface area contributed by atoms with Crippen LogP contribution in [0.15, 0.2) is 56.7 Å². The molecule has 1 N–H and O–H groups in total. The van der Waals surface area contributed by atoms with Crippen molar-refractivity contribution < 1.29 is 4.74 Å². The van der Waals surface area contributed by atoms with E-state index in [1.165, 1.54) is 20.9 Å². The van der Waals surface area contributed by atoms with Crippen molar-refractivity contribution in [1.82, 2.24) is 5.32 Å². The van der Waals surface area contributed by atoms with Gasteiger partial charge in [-0.2, -0.15) is 0 Å². The van der Waals surface area contributed by atoms with Crippen molar-refractivity contribution in [3.05, 3.63) is 58.1 Å². The zero-order chi connectivity index (χ0) is 15.1. The molecule has 0 saturated carbocycles. The number of methoxy groups -OCH3 is 1. The Morgan fingerprint density at radius 2 is 1.95 bits per heavy atom. The lowest BCUT2D eigenvalue weighted by atomic mass is 10.2. The van der Waals surface area contributed by atoms with E-state index in [1.54, 1.807) is 18.9 Å². The third kappa shape index (κ3) is 5.15. The van der Waals surface area contributed by atoms with E-state index in [0.717, 1.165) is 24.2 Å². The van der Waals surface area contributed by atoms with Crippen LogP contribution in [0.3, 0.4) is 0 Å². The monoisotopic (exact) mass is 365 g/mol. The number of benzene rings is 2. The molecule has 112 valence electrons. The van der Waals surface area contributed by atoms with Crippen molar-refractivity contribution in [1.29, 1.82) is 0 Å². The molecule has 0 saturated heterocycles. The molecule has 2 aromatic carbocycles. The maximum Gasteiger partial charge on any atom is 0.0587 e. The Balaban J connectivity index is 2.01. The molecule has 0 atom stereocenters. The predicted octanol–water partition coefficient (Wildman–Crippen LogP) is 4.64. The lowest BCUT2D eigenvalue weighted by Gasteiger charge is -2.10. The minimum Gasteiger partial charge on any atom is -0.383 e. The van der Waals surface area contributed by atoms with Crippen LogP contribution in [0.5, 0.6) is 0 Å². The molecular weight excluding hydrogens is 346 g/mol. The van der Waals surface area contributed by atoms with Gasteiger partial charge in [0.2, 0.25) is 0 Å². The molecule has 0 aliphatic carbocycles. The summed E-state index contributed by atoms with van der Waals surface area (Å²) in [6.07, 6.45) is 0. The van der Waals surface area contributed by atoms with Crippen molar-refractivity contribution in [2.24, 2.45) is 0 Å². The van der Waals surface area contributed by atoms with Gasteiger partial charge in [-0.15, -0.1) is 0 Å². The fraction of sp³-hybridized carbons (Fsp3) is 0.294. The van der Waals surface area contributed by atoms with E-state index in [0.29, 0.717) is 0 Å². The van der Waals surface area contributed by atoms with Gasteiger partial charge in [-0.05, 0) is 52.2 Å². The van der Waals surface area contributed by atoms with E-state index in [9.17, 15) is 0 Å². The molecule has 0 heterocycles. The summed E-state index contributed by atoms with van der Waals surface area (Å²) in [7, 11) is 1.72. The van der Waals surface area contributed by atoms with Gasteiger partial charge < -0.3 is 10.1 Å². The van der Waals surface area contributed by atoms with Gasteiger partial charge in [-0.3, -0.25) is 0 Å². The van der Waals surface area contributed by atoms with Crippen molar-refractivity contribution in [3.8, 4) is 0 Å². The molecule has 2 rings (SSSR count). The summed E-state index contributed by atoms with van der Waals surface area (Å²) in [6.45, 7) is 4.61. The Morgan fingerprint density at radius 1 is 1.14 bits per heavy atom. The summed E-state index contributed by atoms with van der Waals surface area (Å²) < 4.78 is 6.17. The van der Waals surface area contributed by atoms with Crippen LogP contribution in [0.4, 0.5) is 0 Å². The highest BCUT2D eigenvalue weighted by Crippen LogP contribution is 2.35. The first-order valence-corrected chi connectivity index (χ1v) is 8.53. The number of halogens is 1. The first-order valence-electron chi connectivity index (χ1n) is 6.92. The zero-order valence-electron chi connectivity index (χ0n) is 12.4. The molecule has 0 amide bonds. The minimum atomic E-state index is 0.738. The lowest BCUT2D eigenvalue weighted by Crippen LogP contribution is -2.18. The minimum absolute atomic E-state index is 0.738. The fourth-order valence-corrected chi connectivity index (χ4v) is 3.51. The van der Waals surface area contributed by atoms with Gasteiger partial charge in [0.25, 0.3) is 0 Å². The molecule has 21 heavy (non-hydrogen) atoms. The topological polar surface area (TPSA) is 21.3 Å². The standard InChI is InChI=1S/C17H20BrNOS/c1-13-5-3-4-6-16(13)21-17-8-7-14(11-15(17)18)12-19-9-10-20-2/h3-8,11,19H,9-10,12H2,1-2H3. The highest BCUT2D eigenvalue weighted by molar-refractivity contribution is 9.10. The zero-order valence-corrected chi connectivity index (χ0v) is 14.8.